The van der Waals surface area contributed by atoms with E-state index in [1.165, 1.54) is 18.4 Å². The van der Waals surface area contributed by atoms with Crippen LogP contribution in [0, 0.1) is 0 Å². The lowest BCUT2D eigenvalue weighted by Gasteiger charge is -2.19. The van der Waals surface area contributed by atoms with Crippen LogP contribution in [0.25, 0.3) is 0 Å². The molecular formula is C14H24N2O2S. The standard InChI is InChI=1S/C14H24N2O2S/c1-2-3-5-10-14(13-8-6-4-7-9-13)16-11-12-19(15,17)18/h4,6-9,14,16H,2-3,5,10-12H2,1H3,(H2,15,17,18). The maximum atomic E-state index is 10.9. The number of nitrogens with one attached hydrogen (secondary N) is 1. The second-order valence-corrected chi connectivity index (χ2v) is 6.51. The van der Waals surface area contributed by atoms with Crippen LogP contribution in [0.15, 0.2) is 30.3 Å². The van der Waals surface area contributed by atoms with Crippen molar-refractivity contribution in [2.24, 2.45) is 5.14 Å². The van der Waals surface area contributed by atoms with Crippen LogP contribution >= 0.6 is 0 Å². The lowest BCUT2D eigenvalue weighted by atomic mass is 10.0. The minimum Gasteiger partial charge on any atom is -0.309 e. The molecular weight excluding hydrogens is 260 g/mol. The van der Waals surface area contributed by atoms with E-state index in [-0.39, 0.29) is 11.8 Å². The average molecular weight is 284 g/mol. The normalized spacial score (nSPS) is 13.4. The first-order valence-corrected chi connectivity index (χ1v) is 8.53. The summed E-state index contributed by atoms with van der Waals surface area (Å²) in [5, 5.41) is 8.31. The molecule has 0 bridgehead atoms. The van der Waals surface area contributed by atoms with Crippen molar-refractivity contribution in [1.29, 1.82) is 0 Å². The van der Waals surface area contributed by atoms with E-state index in [1.807, 2.05) is 18.2 Å². The van der Waals surface area contributed by atoms with Gasteiger partial charge in [0.15, 0.2) is 0 Å². The van der Waals surface area contributed by atoms with Gasteiger partial charge in [0, 0.05) is 12.6 Å². The molecule has 0 aliphatic rings. The first-order chi connectivity index (χ1) is 9.03. The first-order valence-electron chi connectivity index (χ1n) is 6.81. The van der Waals surface area contributed by atoms with Gasteiger partial charge < -0.3 is 5.32 Å². The Kier molecular flexibility index (Phi) is 7.05. The van der Waals surface area contributed by atoms with Crippen LogP contribution in [0.5, 0.6) is 0 Å². The predicted molar refractivity (Wildman–Crippen MR) is 79.3 cm³/mol. The van der Waals surface area contributed by atoms with Gasteiger partial charge in [0.2, 0.25) is 10.0 Å². The van der Waals surface area contributed by atoms with Gasteiger partial charge in [-0.3, -0.25) is 0 Å². The minimum atomic E-state index is -3.39. The monoisotopic (exact) mass is 284 g/mol. The summed E-state index contributed by atoms with van der Waals surface area (Å²) in [4.78, 5) is 0. The molecule has 0 heterocycles. The highest BCUT2D eigenvalue weighted by Crippen LogP contribution is 2.19. The number of primary sulfonamides is 1. The van der Waals surface area contributed by atoms with E-state index in [2.05, 4.69) is 24.4 Å². The van der Waals surface area contributed by atoms with Crippen molar-refractivity contribution in [2.75, 3.05) is 12.3 Å². The van der Waals surface area contributed by atoms with Crippen LogP contribution in [0.3, 0.4) is 0 Å². The number of nitrogens with two attached hydrogens (primary N) is 1. The zero-order chi connectivity index (χ0) is 14.1. The third kappa shape index (κ3) is 7.30. The topological polar surface area (TPSA) is 72.2 Å². The quantitative estimate of drug-likeness (QED) is 0.683. The smallest absolute Gasteiger partial charge is 0.210 e. The highest BCUT2D eigenvalue weighted by Gasteiger charge is 2.11. The van der Waals surface area contributed by atoms with Gasteiger partial charge >= 0.3 is 0 Å². The molecule has 3 N–H and O–H groups in total. The van der Waals surface area contributed by atoms with E-state index >= 15 is 0 Å². The molecule has 1 unspecified atom stereocenters. The van der Waals surface area contributed by atoms with Crippen LogP contribution in [0.1, 0.15) is 44.2 Å². The molecule has 1 atom stereocenters. The van der Waals surface area contributed by atoms with Gasteiger partial charge in [0.1, 0.15) is 0 Å². The molecule has 1 aromatic rings. The number of hydrogen-bond acceptors (Lipinski definition) is 3. The Bertz CT molecular complexity index is 446. The third-order valence-corrected chi connectivity index (χ3v) is 3.85. The Morgan fingerprint density at radius 3 is 2.47 bits per heavy atom. The molecule has 5 heteroatoms. The molecule has 19 heavy (non-hydrogen) atoms. The molecule has 0 saturated carbocycles. The van der Waals surface area contributed by atoms with Crippen molar-refractivity contribution in [1.82, 2.24) is 5.32 Å². The molecule has 0 saturated heterocycles. The molecule has 0 fully saturated rings. The Morgan fingerprint density at radius 1 is 1.21 bits per heavy atom. The summed E-state index contributed by atoms with van der Waals surface area (Å²) in [6.07, 6.45) is 4.53. The van der Waals surface area contributed by atoms with E-state index < -0.39 is 10.0 Å². The molecule has 0 aromatic heterocycles. The summed E-state index contributed by atoms with van der Waals surface area (Å²) in [7, 11) is -3.39. The Morgan fingerprint density at radius 2 is 1.89 bits per heavy atom. The molecule has 0 radical (unpaired) electrons. The van der Waals surface area contributed by atoms with Crippen molar-refractivity contribution in [3.8, 4) is 0 Å². The van der Waals surface area contributed by atoms with Gasteiger partial charge in [-0.05, 0) is 12.0 Å². The molecule has 1 rings (SSSR count). The van der Waals surface area contributed by atoms with Crippen LogP contribution in [0.4, 0.5) is 0 Å². The summed E-state index contributed by atoms with van der Waals surface area (Å²) in [6.45, 7) is 2.57. The Balaban J connectivity index is 2.54. The van der Waals surface area contributed by atoms with Gasteiger partial charge in [-0.1, -0.05) is 56.5 Å². The Hall–Kier alpha value is -0.910. The maximum Gasteiger partial charge on any atom is 0.210 e. The molecule has 0 spiro atoms. The lowest BCUT2D eigenvalue weighted by molar-refractivity contribution is 0.485. The number of sulfonamides is 1. The summed E-state index contributed by atoms with van der Waals surface area (Å²) >= 11 is 0. The van der Waals surface area contributed by atoms with E-state index in [0.29, 0.717) is 6.54 Å². The SMILES string of the molecule is CCCCCC(NCCS(N)(=O)=O)c1ccccc1. The fourth-order valence-electron chi connectivity index (χ4n) is 2.05. The molecule has 0 aliphatic heterocycles. The second-order valence-electron chi connectivity index (χ2n) is 4.78. The summed E-state index contributed by atoms with van der Waals surface area (Å²) in [5.41, 5.74) is 1.20. The molecule has 0 amide bonds. The van der Waals surface area contributed by atoms with Crippen LogP contribution < -0.4 is 10.5 Å². The van der Waals surface area contributed by atoms with Crippen molar-refractivity contribution in [3.05, 3.63) is 35.9 Å². The number of benzene rings is 1. The third-order valence-electron chi connectivity index (χ3n) is 3.08. The fraction of sp³-hybridized carbons (Fsp3) is 0.571. The first kappa shape index (κ1) is 16.1. The molecule has 108 valence electrons. The van der Waals surface area contributed by atoms with Crippen LogP contribution in [-0.2, 0) is 10.0 Å². The van der Waals surface area contributed by atoms with Crippen molar-refractivity contribution >= 4 is 10.0 Å². The molecule has 4 nitrogen and oxygen atoms in total. The van der Waals surface area contributed by atoms with E-state index in [0.717, 1.165) is 12.8 Å². The summed E-state index contributed by atoms with van der Waals surface area (Å²) < 4.78 is 21.9. The second kappa shape index (κ2) is 8.30. The summed E-state index contributed by atoms with van der Waals surface area (Å²) in [5.74, 6) is -0.0237. The Labute approximate surface area is 116 Å². The van der Waals surface area contributed by atoms with Gasteiger partial charge in [-0.25, -0.2) is 13.6 Å². The fourth-order valence-corrected chi connectivity index (χ4v) is 2.45. The van der Waals surface area contributed by atoms with Gasteiger partial charge in [-0.2, -0.15) is 0 Å². The highest BCUT2D eigenvalue weighted by molar-refractivity contribution is 7.89. The van der Waals surface area contributed by atoms with E-state index in [1.54, 1.807) is 0 Å². The zero-order valence-corrected chi connectivity index (χ0v) is 12.3. The van der Waals surface area contributed by atoms with Crippen LogP contribution in [-0.4, -0.2) is 20.7 Å². The van der Waals surface area contributed by atoms with Crippen LogP contribution in [0.2, 0.25) is 0 Å². The number of rotatable bonds is 9. The van der Waals surface area contributed by atoms with Gasteiger partial charge in [0.25, 0.3) is 0 Å². The van der Waals surface area contributed by atoms with Crippen molar-refractivity contribution in [2.45, 2.75) is 38.6 Å². The maximum absolute atomic E-state index is 10.9. The van der Waals surface area contributed by atoms with Crippen molar-refractivity contribution in [3.63, 3.8) is 0 Å². The van der Waals surface area contributed by atoms with Crippen molar-refractivity contribution < 1.29 is 8.42 Å². The molecule has 1 aromatic carbocycles. The van der Waals surface area contributed by atoms with E-state index in [9.17, 15) is 8.42 Å². The van der Waals surface area contributed by atoms with Gasteiger partial charge in [0.05, 0.1) is 5.75 Å². The largest absolute Gasteiger partial charge is 0.309 e. The predicted octanol–water partition coefficient (Wildman–Crippen LogP) is 2.19. The lowest BCUT2D eigenvalue weighted by Crippen LogP contribution is -2.30. The highest BCUT2D eigenvalue weighted by atomic mass is 32.2. The summed E-state index contributed by atoms with van der Waals surface area (Å²) in [6, 6.07) is 10.3. The van der Waals surface area contributed by atoms with Gasteiger partial charge in [-0.15, -0.1) is 0 Å². The number of unbranched alkanes of at least 4 members (excludes halogenated alkanes) is 2. The van der Waals surface area contributed by atoms with E-state index in [4.69, 9.17) is 5.14 Å². The minimum absolute atomic E-state index is 0.0237. The number of hydrogen-bond donors (Lipinski definition) is 2. The average Bonchev–Trinajstić information content (AvgIpc) is 2.37. The zero-order valence-electron chi connectivity index (χ0n) is 11.5. The molecule has 0 aliphatic carbocycles.